The van der Waals surface area contributed by atoms with Crippen molar-refractivity contribution < 1.29 is 14.6 Å². The maximum absolute atomic E-state index is 12.4. The van der Waals surface area contributed by atoms with E-state index < -0.39 is 5.97 Å². The molecule has 27 heavy (non-hydrogen) atoms. The van der Waals surface area contributed by atoms with Gasteiger partial charge in [0.1, 0.15) is 16.4 Å². The monoisotopic (exact) mass is 379 g/mol. The molecule has 1 heterocycles. The Morgan fingerprint density at radius 2 is 1.81 bits per heavy atom. The predicted molar refractivity (Wildman–Crippen MR) is 111 cm³/mol. The van der Waals surface area contributed by atoms with E-state index in [2.05, 4.69) is 24.0 Å². The van der Waals surface area contributed by atoms with Gasteiger partial charge in [0.05, 0.1) is 17.2 Å². The first kappa shape index (κ1) is 19.0. The number of aliphatic hydroxyl groups is 1. The molecular formula is C22H21NO3S. The standard InChI is InChI=1S/C22H21NO3S/c1-3-15-10-12-16(13-11-15)14-18-20(24)19(22(25)26-4-2)21(27-18)23-17-8-6-5-7-9-17/h5-14,24H,3-4H2,1-2H3/b18-14-,23-21?. The number of para-hydroxylation sites is 1. The first-order chi connectivity index (χ1) is 13.1. The lowest BCUT2D eigenvalue weighted by Gasteiger charge is -2.03. The van der Waals surface area contributed by atoms with Gasteiger partial charge in [-0.25, -0.2) is 9.79 Å². The van der Waals surface area contributed by atoms with Crippen molar-refractivity contribution in [3.8, 4) is 0 Å². The molecule has 2 aromatic rings. The first-order valence-electron chi connectivity index (χ1n) is 8.85. The van der Waals surface area contributed by atoms with Gasteiger partial charge in [-0.15, -0.1) is 0 Å². The smallest absolute Gasteiger partial charge is 0.344 e. The van der Waals surface area contributed by atoms with Crippen LogP contribution in [0.5, 0.6) is 0 Å². The molecule has 0 atom stereocenters. The summed E-state index contributed by atoms with van der Waals surface area (Å²) in [6, 6.07) is 17.4. The molecule has 3 rings (SSSR count). The number of aliphatic imine (C=N–C) groups is 1. The van der Waals surface area contributed by atoms with Crippen LogP contribution in [0.4, 0.5) is 5.69 Å². The highest BCUT2D eigenvalue weighted by atomic mass is 32.2. The highest BCUT2D eigenvalue weighted by Crippen LogP contribution is 2.40. The number of esters is 1. The number of hydrogen-bond acceptors (Lipinski definition) is 5. The molecule has 0 aliphatic carbocycles. The van der Waals surface area contributed by atoms with Crippen molar-refractivity contribution in [3.63, 3.8) is 0 Å². The summed E-state index contributed by atoms with van der Waals surface area (Å²) in [7, 11) is 0. The molecule has 2 aromatic carbocycles. The van der Waals surface area contributed by atoms with Crippen molar-refractivity contribution in [2.45, 2.75) is 20.3 Å². The molecule has 0 saturated carbocycles. The van der Waals surface area contributed by atoms with E-state index in [0.717, 1.165) is 12.0 Å². The number of rotatable bonds is 5. The van der Waals surface area contributed by atoms with Crippen molar-refractivity contribution in [2.75, 3.05) is 6.61 Å². The van der Waals surface area contributed by atoms with Crippen LogP contribution in [-0.4, -0.2) is 22.7 Å². The highest BCUT2D eigenvalue weighted by Gasteiger charge is 2.33. The van der Waals surface area contributed by atoms with Gasteiger partial charge in [0, 0.05) is 0 Å². The Kier molecular flexibility index (Phi) is 6.14. The molecule has 0 amide bonds. The Balaban J connectivity index is 2.00. The minimum atomic E-state index is -0.568. The Hall–Kier alpha value is -2.79. The van der Waals surface area contributed by atoms with E-state index in [9.17, 15) is 9.90 Å². The van der Waals surface area contributed by atoms with Crippen LogP contribution in [-0.2, 0) is 16.0 Å². The zero-order valence-corrected chi connectivity index (χ0v) is 16.1. The van der Waals surface area contributed by atoms with Gasteiger partial charge in [0.15, 0.2) is 0 Å². The summed E-state index contributed by atoms with van der Waals surface area (Å²) >= 11 is 1.27. The second-order valence-electron chi connectivity index (χ2n) is 5.90. The summed E-state index contributed by atoms with van der Waals surface area (Å²) in [6.45, 7) is 4.07. The fraction of sp³-hybridized carbons (Fsp3) is 0.182. The van der Waals surface area contributed by atoms with E-state index in [-0.39, 0.29) is 17.9 Å². The summed E-state index contributed by atoms with van der Waals surface area (Å²) in [5, 5.41) is 11.1. The van der Waals surface area contributed by atoms with E-state index in [1.807, 2.05) is 48.5 Å². The largest absolute Gasteiger partial charge is 0.506 e. The van der Waals surface area contributed by atoms with E-state index in [0.29, 0.717) is 15.6 Å². The molecule has 5 heteroatoms. The van der Waals surface area contributed by atoms with Crippen LogP contribution < -0.4 is 0 Å². The van der Waals surface area contributed by atoms with E-state index in [1.54, 1.807) is 6.92 Å². The number of benzene rings is 2. The summed E-state index contributed by atoms with van der Waals surface area (Å²) < 4.78 is 5.11. The van der Waals surface area contributed by atoms with Gasteiger partial charge in [0.2, 0.25) is 0 Å². The molecule has 1 aliphatic heterocycles. The minimum absolute atomic E-state index is 0.0901. The second kappa shape index (κ2) is 8.73. The summed E-state index contributed by atoms with van der Waals surface area (Å²) in [5.41, 5.74) is 3.02. The first-order valence-corrected chi connectivity index (χ1v) is 9.67. The Labute approximate surface area is 163 Å². The summed E-state index contributed by atoms with van der Waals surface area (Å²) in [6.07, 6.45) is 2.82. The number of hydrogen-bond donors (Lipinski definition) is 1. The molecule has 138 valence electrons. The third-order valence-corrected chi connectivity index (χ3v) is 5.06. The number of aliphatic hydroxyl groups excluding tert-OH is 1. The number of carbonyl (C=O) groups excluding carboxylic acids is 1. The van der Waals surface area contributed by atoms with Gasteiger partial charge in [-0.2, -0.15) is 0 Å². The zero-order valence-electron chi connectivity index (χ0n) is 15.3. The maximum Gasteiger partial charge on any atom is 0.344 e. The van der Waals surface area contributed by atoms with Gasteiger partial charge < -0.3 is 9.84 Å². The van der Waals surface area contributed by atoms with Gasteiger partial charge in [-0.05, 0) is 42.7 Å². The number of aryl methyl sites for hydroxylation is 1. The molecule has 0 fully saturated rings. The van der Waals surface area contributed by atoms with Crippen LogP contribution >= 0.6 is 11.8 Å². The topological polar surface area (TPSA) is 58.9 Å². The lowest BCUT2D eigenvalue weighted by Crippen LogP contribution is -2.12. The van der Waals surface area contributed by atoms with E-state index in [4.69, 9.17) is 4.74 Å². The zero-order chi connectivity index (χ0) is 19.2. The van der Waals surface area contributed by atoms with Crippen LogP contribution in [0.25, 0.3) is 6.08 Å². The molecule has 0 bridgehead atoms. The lowest BCUT2D eigenvalue weighted by molar-refractivity contribution is -0.138. The number of ether oxygens (including phenoxy) is 1. The van der Waals surface area contributed by atoms with Crippen LogP contribution in [0.2, 0.25) is 0 Å². The fourth-order valence-corrected chi connectivity index (χ4v) is 3.65. The molecule has 0 saturated heterocycles. The van der Waals surface area contributed by atoms with Crippen molar-refractivity contribution in [3.05, 3.63) is 82.0 Å². The summed E-state index contributed by atoms with van der Waals surface area (Å²) in [5.74, 6) is -0.658. The number of carbonyl (C=O) groups is 1. The second-order valence-corrected chi connectivity index (χ2v) is 6.93. The Morgan fingerprint density at radius 3 is 2.44 bits per heavy atom. The van der Waals surface area contributed by atoms with Gasteiger partial charge in [-0.1, -0.05) is 61.2 Å². The van der Waals surface area contributed by atoms with Crippen molar-refractivity contribution in [1.82, 2.24) is 0 Å². The Morgan fingerprint density at radius 1 is 1.11 bits per heavy atom. The van der Waals surface area contributed by atoms with Gasteiger partial charge in [-0.3, -0.25) is 0 Å². The molecule has 0 spiro atoms. The molecule has 1 N–H and O–H groups in total. The van der Waals surface area contributed by atoms with Crippen LogP contribution in [0.15, 0.2) is 75.8 Å². The normalized spacial score (nSPS) is 17.0. The van der Waals surface area contributed by atoms with Crippen molar-refractivity contribution in [2.24, 2.45) is 4.99 Å². The fourth-order valence-electron chi connectivity index (χ4n) is 2.61. The molecule has 0 unspecified atom stereocenters. The van der Waals surface area contributed by atoms with Crippen LogP contribution in [0, 0.1) is 0 Å². The van der Waals surface area contributed by atoms with Gasteiger partial charge in [0.25, 0.3) is 0 Å². The maximum atomic E-state index is 12.4. The quantitative estimate of drug-likeness (QED) is 0.703. The highest BCUT2D eigenvalue weighted by molar-refractivity contribution is 8.18. The average molecular weight is 379 g/mol. The number of thioether (sulfide) groups is 1. The molecular weight excluding hydrogens is 358 g/mol. The van der Waals surface area contributed by atoms with Crippen LogP contribution in [0.3, 0.4) is 0 Å². The summed E-state index contributed by atoms with van der Waals surface area (Å²) in [4.78, 5) is 17.5. The predicted octanol–water partition coefficient (Wildman–Crippen LogP) is 5.44. The van der Waals surface area contributed by atoms with E-state index in [1.165, 1.54) is 17.3 Å². The third kappa shape index (κ3) is 4.49. The lowest BCUT2D eigenvalue weighted by atomic mass is 10.1. The van der Waals surface area contributed by atoms with Crippen molar-refractivity contribution >= 4 is 34.5 Å². The average Bonchev–Trinajstić information content (AvgIpc) is 2.98. The molecule has 0 aromatic heterocycles. The third-order valence-electron chi connectivity index (χ3n) is 4.04. The van der Waals surface area contributed by atoms with Crippen LogP contribution in [0.1, 0.15) is 25.0 Å². The number of nitrogens with zero attached hydrogens (tertiary/aromatic N) is 1. The van der Waals surface area contributed by atoms with E-state index >= 15 is 0 Å². The minimum Gasteiger partial charge on any atom is -0.506 e. The molecule has 0 radical (unpaired) electrons. The Bertz CT molecular complexity index is 912. The van der Waals surface area contributed by atoms with Gasteiger partial charge >= 0.3 is 5.97 Å². The molecule has 4 nitrogen and oxygen atoms in total. The SMILES string of the molecule is CCOC(=O)C1=C(O)/C(=C/c2ccc(CC)cc2)SC1=Nc1ccccc1. The molecule has 1 aliphatic rings. The van der Waals surface area contributed by atoms with Crippen molar-refractivity contribution in [1.29, 1.82) is 0 Å².